The summed E-state index contributed by atoms with van der Waals surface area (Å²) in [6.07, 6.45) is 0. The van der Waals surface area contributed by atoms with E-state index in [1.807, 2.05) is 0 Å². The van der Waals surface area contributed by atoms with Gasteiger partial charge in [0.1, 0.15) is 5.82 Å². The number of nitrogens with one attached hydrogen (secondary N) is 2. The average Bonchev–Trinajstić information content (AvgIpc) is 2.49. The number of rotatable bonds is 3. The molecule has 2 rings (SSSR count). The van der Waals surface area contributed by atoms with E-state index in [9.17, 15) is 19.1 Å². The topological polar surface area (TPSA) is 81.3 Å². The maximum atomic E-state index is 13.5. The van der Waals surface area contributed by atoms with E-state index in [4.69, 9.17) is 23.8 Å². The Balaban J connectivity index is 2.13. The van der Waals surface area contributed by atoms with Crippen molar-refractivity contribution in [2.75, 3.05) is 5.32 Å². The van der Waals surface area contributed by atoms with E-state index in [0.717, 1.165) is 6.07 Å². The fourth-order valence-corrected chi connectivity index (χ4v) is 2.14. The first-order chi connectivity index (χ1) is 10.9. The van der Waals surface area contributed by atoms with Gasteiger partial charge < -0.3 is 15.2 Å². The van der Waals surface area contributed by atoms with Gasteiger partial charge in [-0.15, -0.1) is 0 Å². The molecule has 0 radical (unpaired) electrons. The standard InChI is InChI=1S/C15H10ClFN2O3S/c16-8-5-6-12(10(7-8)14(21)22)18-15(23)19-13(20)9-3-1-2-4-11(9)17/h1-7H,(H,21,22)(H2,18,19,20,23)/p-1. The van der Waals surface area contributed by atoms with Crippen molar-refractivity contribution in [3.63, 3.8) is 0 Å². The number of hydrogen-bond acceptors (Lipinski definition) is 4. The summed E-state index contributed by atoms with van der Waals surface area (Å²) in [5.74, 6) is -2.92. The van der Waals surface area contributed by atoms with Gasteiger partial charge in [0.25, 0.3) is 5.91 Å². The molecule has 8 heteroatoms. The van der Waals surface area contributed by atoms with Crippen LogP contribution in [0.5, 0.6) is 0 Å². The summed E-state index contributed by atoms with van der Waals surface area (Å²) >= 11 is 10.6. The lowest BCUT2D eigenvalue weighted by Crippen LogP contribution is -2.35. The molecule has 0 saturated heterocycles. The summed E-state index contributed by atoms with van der Waals surface area (Å²) in [5.41, 5.74) is -0.318. The van der Waals surface area contributed by atoms with E-state index in [-0.39, 0.29) is 26.9 Å². The molecule has 0 aliphatic rings. The molecule has 1 amide bonds. The molecule has 2 aromatic rings. The van der Waals surface area contributed by atoms with E-state index in [1.54, 1.807) is 0 Å². The first-order valence-electron chi connectivity index (χ1n) is 6.26. The van der Waals surface area contributed by atoms with Crippen molar-refractivity contribution < 1.29 is 19.1 Å². The molecular formula is C15H9ClFN2O3S-. The molecule has 0 fully saturated rings. The molecule has 0 bridgehead atoms. The Morgan fingerprint density at radius 1 is 1.13 bits per heavy atom. The maximum Gasteiger partial charge on any atom is 0.260 e. The van der Waals surface area contributed by atoms with Crippen molar-refractivity contribution in [3.05, 3.63) is 64.4 Å². The van der Waals surface area contributed by atoms with Crippen LogP contribution >= 0.6 is 23.8 Å². The second-order valence-electron chi connectivity index (χ2n) is 4.37. The second kappa shape index (κ2) is 7.17. The van der Waals surface area contributed by atoms with Crippen LogP contribution in [-0.2, 0) is 0 Å². The van der Waals surface area contributed by atoms with E-state index >= 15 is 0 Å². The lowest BCUT2D eigenvalue weighted by molar-refractivity contribution is -0.254. The first-order valence-corrected chi connectivity index (χ1v) is 7.05. The second-order valence-corrected chi connectivity index (χ2v) is 5.21. The average molecular weight is 352 g/mol. The van der Waals surface area contributed by atoms with Crippen molar-refractivity contribution >= 4 is 46.5 Å². The van der Waals surface area contributed by atoms with Gasteiger partial charge >= 0.3 is 0 Å². The minimum Gasteiger partial charge on any atom is -0.545 e. The molecule has 2 N–H and O–H groups in total. The molecule has 2 aromatic carbocycles. The molecule has 0 aromatic heterocycles. The molecule has 0 heterocycles. The normalized spacial score (nSPS) is 10.0. The number of aromatic carboxylic acids is 1. The molecule has 0 saturated carbocycles. The molecular weight excluding hydrogens is 343 g/mol. The lowest BCUT2D eigenvalue weighted by atomic mass is 10.2. The number of carbonyl (C=O) groups is 2. The third kappa shape index (κ3) is 4.24. The largest absolute Gasteiger partial charge is 0.545 e. The van der Waals surface area contributed by atoms with E-state index in [2.05, 4.69) is 10.6 Å². The minimum absolute atomic E-state index is 0.0910. The number of thiocarbonyl (C=S) groups is 1. The van der Waals surface area contributed by atoms with E-state index in [0.29, 0.717) is 0 Å². The lowest BCUT2D eigenvalue weighted by Gasteiger charge is -2.14. The van der Waals surface area contributed by atoms with Crippen LogP contribution in [0.25, 0.3) is 0 Å². The molecule has 0 unspecified atom stereocenters. The number of halogens is 2. The molecule has 118 valence electrons. The highest BCUT2D eigenvalue weighted by molar-refractivity contribution is 7.80. The SMILES string of the molecule is O=C(NC(=S)Nc1ccc(Cl)cc1C(=O)[O-])c1ccccc1F. The van der Waals surface area contributed by atoms with Crippen molar-refractivity contribution in [2.45, 2.75) is 0 Å². The zero-order valence-electron chi connectivity index (χ0n) is 11.4. The smallest absolute Gasteiger partial charge is 0.260 e. The van der Waals surface area contributed by atoms with Gasteiger partial charge in [0.15, 0.2) is 5.11 Å². The summed E-state index contributed by atoms with van der Waals surface area (Å²) in [6, 6.07) is 9.37. The Morgan fingerprint density at radius 3 is 2.48 bits per heavy atom. The molecule has 0 atom stereocenters. The highest BCUT2D eigenvalue weighted by atomic mass is 35.5. The summed E-state index contributed by atoms with van der Waals surface area (Å²) in [7, 11) is 0. The van der Waals surface area contributed by atoms with Gasteiger partial charge in [0.2, 0.25) is 0 Å². The van der Waals surface area contributed by atoms with Gasteiger partial charge in [-0.2, -0.15) is 0 Å². The molecule has 23 heavy (non-hydrogen) atoms. The molecule has 0 spiro atoms. The maximum absolute atomic E-state index is 13.5. The van der Waals surface area contributed by atoms with Crippen molar-refractivity contribution in [1.29, 1.82) is 0 Å². The highest BCUT2D eigenvalue weighted by Crippen LogP contribution is 2.20. The van der Waals surface area contributed by atoms with Crippen LogP contribution in [-0.4, -0.2) is 17.0 Å². The Kier molecular flexibility index (Phi) is 5.25. The summed E-state index contributed by atoms with van der Waals surface area (Å²) in [4.78, 5) is 23.0. The summed E-state index contributed by atoms with van der Waals surface area (Å²) < 4.78 is 13.5. The van der Waals surface area contributed by atoms with Crippen LogP contribution in [0, 0.1) is 5.82 Å². The Morgan fingerprint density at radius 2 is 1.83 bits per heavy atom. The highest BCUT2D eigenvalue weighted by Gasteiger charge is 2.13. The predicted octanol–water partition coefficient (Wildman–Crippen LogP) is 1.97. The van der Waals surface area contributed by atoms with Crippen molar-refractivity contribution in [2.24, 2.45) is 0 Å². The van der Waals surface area contributed by atoms with Gasteiger partial charge in [-0.3, -0.25) is 10.1 Å². The number of carboxylic acid groups (broad SMARTS) is 1. The number of carbonyl (C=O) groups excluding carboxylic acids is 2. The third-order valence-electron chi connectivity index (χ3n) is 2.80. The summed E-state index contributed by atoms with van der Waals surface area (Å²) in [6.45, 7) is 0. The monoisotopic (exact) mass is 351 g/mol. The molecule has 5 nitrogen and oxygen atoms in total. The van der Waals surface area contributed by atoms with Gasteiger partial charge in [-0.25, -0.2) is 4.39 Å². The van der Waals surface area contributed by atoms with Crippen LogP contribution in [0.4, 0.5) is 10.1 Å². The number of carboxylic acids is 1. The number of amides is 1. The van der Waals surface area contributed by atoms with Gasteiger partial charge in [0, 0.05) is 16.3 Å². The predicted molar refractivity (Wildman–Crippen MR) is 85.9 cm³/mol. The van der Waals surface area contributed by atoms with Gasteiger partial charge in [-0.05, 0) is 42.5 Å². The van der Waals surface area contributed by atoms with Crippen LogP contribution in [0.15, 0.2) is 42.5 Å². The Hall–Kier alpha value is -2.51. The van der Waals surface area contributed by atoms with Gasteiger partial charge in [-0.1, -0.05) is 23.7 Å². The minimum atomic E-state index is -1.46. The number of hydrogen-bond donors (Lipinski definition) is 2. The molecule has 0 aliphatic heterocycles. The molecule has 0 aliphatic carbocycles. The van der Waals surface area contributed by atoms with Gasteiger partial charge in [0.05, 0.1) is 11.5 Å². The van der Waals surface area contributed by atoms with Crippen molar-refractivity contribution in [3.8, 4) is 0 Å². The van der Waals surface area contributed by atoms with Crippen molar-refractivity contribution in [1.82, 2.24) is 5.32 Å². The fraction of sp³-hybridized carbons (Fsp3) is 0. The number of benzene rings is 2. The zero-order valence-corrected chi connectivity index (χ0v) is 13.0. The Bertz CT molecular complexity index is 798. The van der Waals surface area contributed by atoms with Crippen LogP contribution in [0.2, 0.25) is 5.02 Å². The Labute approximate surface area is 141 Å². The van der Waals surface area contributed by atoms with Crippen LogP contribution < -0.4 is 15.7 Å². The zero-order chi connectivity index (χ0) is 17.0. The third-order valence-corrected chi connectivity index (χ3v) is 3.23. The van der Waals surface area contributed by atoms with Crippen LogP contribution in [0.1, 0.15) is 20.7 Å². The quantitative estimate of drug-likeness (QED) is 0.826. The van der Waals surface area contributed by atoms with E-state index in [1.165, 1.54) is 36.4 Å². The van der Waals surface area contributed by atoms with Crippen LogP contribution in [0.3, 0.4) is 0 Å². The first kappa shape index (κ1) is 16.9. The van der Waals surface area contributed by atoms with E-state index < -0.39 is 17.7 Å². The fourth-order valence-electron chi connectivity index (χ4n) is 1.76. The summed E-state index contributed by atoms with van der Waals surface area (Å²) in [5, 5.41) is 15.9. The number of anilines is 1.